The second kappa shape index (κ2) is 7.57. The molecule has 0 bridgehead atoms. The molecule has 0 unspecified atom stereocenters. The molecule has 7 heteroatoms. The molecule has 0 amide bonds. The first-order valence-electron chi connectivity index (χ1n) is 5.66. The quantitative estimate of drug-likeness (QED) is 0.423. The van der Waals surface area contributed by atoms with Crippen molar-refractivity contribution in [3.05, 3.63) is 28.6 Å². The van der Waals surface area contributed by atoms with Crippen molar-refractivity contribution >= 4 is 11.4 Å². The average Bonchev–Trinajstić information content (AvgIpc) is 2.33. The first kappa shape index (κ1) is 14.3. The van der Waals surface area contributed by atoms with Gasteiger partial charge >= 0.3 is 5.69 Å². The fourth-order valence-electron chi connectivity index (χ4n) is 1.29. The summed E-state index contributed by atoms with van der Waals surface area (Å²) in [6.07, 6.45) is 2.75. The van der Waals surface area contributed by atoms with Gasteiger partial charge in [0, 0.05) is 19.3 Å². The zero-order chi connectivity index (χ0) is 13.4. The third-order valence-corrected chi connectivity index (χ3v) is 2.24. The number of nitrogens with zero attached hydrogens (tertiary/aromatic N) is 3. The Balaban J connectivity index is 2.29. The van der Waals surface area contributed by atoms with Crippen LogP contribution in [0.25, 0.3) is 0 Å². The van der Waals surface area contributed by atoms with Crippen LogP contribution in [0.2, 0.25) is 0 Å². The first-order chi connectivity index (χ1) is 8.61. The number of nitro groups is 1. The van der Waals surface area contributed by atoms with E-state index in [0.29, 0.717) is 25.4 Å². The minimum atomic E-state index is -0.456. The molecule has 1 aromatic heterocycles. The van der Waals surface area contributed by atoms with Crippen molar-refractivity contribution in [2.45, 2.75) is 0 Å². The van der Waals surface area contributed by atoms with E-state index in [9.17, 15) is 10.1 Å². The van der Waals surface area contributed by atoms with Gasteiger partial charge in [-0.25, -0.2) is 0 Å². The smallest absolute Gasteiger partial charge is 0.310 e. The van der Waals surface area contributed by atoms with Crippen molar-refractivity contribution in [2.75, 3.05) is 45.7 Å². The molecule has 0 fully saturated rings. The average molecular weight is 254 g/mol. The Morgan fingerprint density at radius 2 is 2.28 bits per heavy atom. The van der Waals surface area contributed by atoms with Crippen molar-refractivity contribution in [2.24, 2.45) is 0 Å². The van der Waals surface area contributed by atoms with Crippen LogP contribution in [0.4, 0.5) is 11.4 Å². The lowest BCUT2D eigenvalue weighted by Gasteiger charge is -2.10. The van der Waals surface area contributed by atoms with Crippen LogP contribution in [0.15, 0.2) is 18.5 Å². The van der Waals surface area contributed by atoms with E-state index in [2.05, 4.69) is 10.3 Å². The summed E-state index contributed by atoms with van der Waals surface area (Å²) in [6, 6.07) is 1.58. The maximum absolute atomic E-state index is 10.7. The molecular formula is C11H18N4O3. The van der Waals surface area contributed by atoms with Gasteiger partial charge in [-0.2, -0.15) is 0 Å². The second-order valence-corrected chi connectivity index (χ2v) is 3.99. The summed E-state index contributed by atoms with van der Waals surface area (Å²) in [7, 11) is 3.95. The lowest BCUT2D eigenvalue weighted by atomic mass is 10.3. The number of rotatable bonds is 8. The fraction of sp³-hybridized carbons (Fsp3) is 0.545. The van der Waals surface area contributed by atoms with Gasteiger partial charge in [0.2, 0.25) is 0 Å². The van der Waals surface area contributed by atoms with Gasteiger partial charge in [-0.3, -0.25) is 15.1 Å². The van der Waals surface area contributed by atoms with Crippen LogP contribution < -0.4 is 5.32 Å². The van der Waals surface area contributed by atoms with Gasteiger partial charge in [-0.1, -0.05) is 0 Å². The molecule has 1 aromatic rings. The van der Waals surface area contributed by atoms with Crippen LogP contribution in [0.5, 0.6) is 0 Å². The molecule has 1 heterocycles. The monoisotopic (exact) mass is 254 g/mol. The zero-order valence-electron chi connectivity index (χ0n) is 10.6. The predicted octanol–water partition coefficient (Wildman–Crippen LogP) is 0.980. The number of hydrogen-bond donors (Lipinski definition) is 1. The number of pyridine rings is 1. The summed E-state index contributed by atoms with van der Waals surface area (Å²) in [5.41, 5.74) is 0.442. The molecule has 0 aromatic carbocycles. The van der Waals surface area contributed by atoms with Crippen LogP contribution in [0.1, 0.15) is 0 Å². The van der Waals surface area contributed by atoms with E-state index < -0.39 is 4.92 Å². The Morgan fingerprint density at radius 3 is 2.94 bits per heavy atom. The summed E-state index contributed by atoms with van der Waals surface area (Å²) in [5, 5.41) is 13.7. The Hall–Kier alpha value is -1.73. The molecule has 0 spiro atoms. The van der Waals surface area contributed by atoms with E-state index in [1.54, 1.807) is 6.07 Å². The van der Waals surface area contributed by atoms with Crippen molar-refractivity contribution in [1.82, 2.24) is 9.88 Å². The predicted molar refractivity (Wildman–Crippen MR) is 68.8 cm³/mol. The van der Waals surface area contributed by atoms with Crippen LogP contribution in [0, 0.1) is 10.1 Å². The molecule has 0 saturated heterocycles. The molecule has 7 nitrogen and oxygen atoms in total. The molecule has 1 N–H and O–H groups in total. The second-order valence-electron chi connectivity index (χ2n) is 3.99. The Labute approximate surface area is 106 Å². The molecule has 0 atom stereocenters. The lowest BCUT2D eigenvalue weighted by molar-refractivity contribution is -0.384. The van der Waals surface area contributed by atoms with Gasteiger partial charge in [0.1, 0.15) is 11.9 Å². The third kappa shape index (κ3) is 5.07. The highest BCUT2D eigenvalue weighted by atomic mass is 16.6. The summed E-state index contributed by atoms with van der Waals surface area (Å²) < 4.78 is 5.38. The molecule has 0 aliphatic rings. The summed E-state index contributed by atoms with van der Waals surface area (Å²) in [4.78, 5) is 16.0. The van der Waals surface area contributed by atoms with E-state index in [1.165, 1.54) is 12.4 Å². The van der Waals surface area contributed by atoms with E-state index in [0.717, 1.165) is 6.54 Å². The van der Waals surface area contributed by atoms with Crippen molar-refractivity contribution in [3.8, 4) is 0 Å². The summed E-state index contributed by atoms with van der Waals surface area (Å²) >= 11 is 0. The van der Waals surface area contributed by atoms with Gasteiger partial charge in [-0.15, -0.1) is 0 Å². The highest BCUT2D eigenvalue weighted by Gasteiger charge is 2.12. The molecule has 18 heavy (non-hydrogen) atoms. The Bertz CT molecular complexity index is 384. The van der Waals surface area contributed by atoms with Gasteiger partial charge in [0.05, 0.1) is 18.1 Å². The number of aromatic nitrogens is 1. The van der Waals surface area contributed by atoms with Crippen LogP contribution in [-0.4, -0.2) is 55.2 Å². The Morgan fingerprint density at radius 1 is 1.50 bits per heavy atom. The number of hydrogen-bond acceptors (Lipinski definition) is 6. The highest BCUT2D eigenvalue weighted by Crippen LogP contribution is 2.21. The minimum Gasteiger partial charge on any atom is -0.378 e. The topological polar surface area (TPSA) is 80.5 Å². The minimum absolute atomic E-state index is 0.0224. The number of nitrogens with one attached hydrogen (secondary N) is 1. The zero-order valence-corrected chi connectivity index (χ0v) is 10.6. The van der Waals surface area contributed by atoms with E-state index in [4.69, 9.17) is 4.74 Å². The van der Waals surface area contributed by atoms with Crippen molar-refractivity contribution in [1.29, 1.82) is 0 Å². The molecule has 0 aliphatic carbocycles. The van der Waals surface area contributed by atoms with Gasteiger partial charge < -0.3 is 15.0 Å². The molecule has 0 radical (unpaired) electrons. The van der Waals surface area contributed by atoms with E-state index in [-0.39, 0.29) is 5.69 Å². The highest BCUT2D eigenvalue weighted by molar-refractivity contribution is 5.59. The fourth-order valence-corrected chi connectivity index (χ4v) is 1.29. The van der Waals surface area contributed by atoms with Gasteiger partial charge in [0.25, 0.3) is 0 Å². The summed E-state index contributed by atoms with van der Waals surface area (Å²) in [6.45, 7) is 2.54. The molecule has 1 rings (SSSR count). The third-order valence-electron chi connectivity index (χ3n) is 2.24. The number of anilines is 1. The van der Waals surface area contributed by atoms with Crippen LogP contribution >= 0.6 is 0 Å². The largest absolute Gasteiger partial charge is 0.378 e. The molecule has 0 aliphatic heterocycles. The number of ether oxygens (including phenoxy) is 1. The van der Waals surface area contributed by atoms with Crippen LogP contribution in [0.3, 0.4) is 0 Å². The Kier molecular flexibility index (Phi) is 6.03. The van der Waals surface area contributed by atoms with Crippen molar-refractivity contribution < 1.29 is 9.66 Å². The summed E-state index contributed by atoms with van der Waals surface area (Å²) in [5.74, 6) is 0. The van der Waals surface area contributed by atoms with E-state index >= 15 is 0 Å². The van der Waals surface area contributed by atoms with Gasteiger partial charge in [0.15, 0.2) is 0 Å². The standard InChI is InChI=1S/C11H18N4O3/c1-14(2)6-8-18-7-5-13-10-3-4-12-9-11(10)15(16)17/h3-4,9H,5-8H2,1-2H3,(H,12,13). The van der Waals surface area contributed by atoms with Crippen LogP contribution in [-0.2, 0) is 4.74 Å². The molecule has 100 valence electrons. The normalized spacial score (nSPS) is 10.6. The number of likely N-dealkylation sites (N-methyl/N-ethyl adjacent to an activating group) is 1. The first-order valence-corrected chi connectivity index (χ1v) is 5.66. The van der Waals surface area contributed by atoms with E-state index in [1.807, 2.05) is 19.0 Å². The van der Waals surface area contributed by atoms with Crippen molar-refractivity contribution in [3.63, 3.8) is 0 Å². The van der Waals surface area contributed by atoms with Gasteiger partial charge in [-0.05, 0) is 20.2 Å². The maximum atomic E-state index is 10.7. The lowest BCUT2D eigenvalue weighted by Crippen LogP contribution is -2.20. The molecule has 0 saturated carbocycles. The SMILES string of the molecule is CN(C)CCOCCNc1ccncc1[N+](=O)[O-]. The maximum Gasteiger partial charge on any atom is 0.310 e. The molecular weight excluding hydrogens is 236 g/mol.